The van der Waals surface area contributed by atoms with E-state index in [4.69, 9.17) is 4.74 Å². The Balaban J connectivity index is 1.46. The first-order valence-electron chi connectivity index (χ1n) is 11.6. The average molecular weight is 486 g/mol. The number of alkyl carbamates (subject to hydrolysis) is 1. The molecule has 0 bridgehead atoms. The predicted octanol–water partition coefficient (Wildman–Crippen LogP) is 3.82. The van der Waals surface area contributed by atoms with Crippen LogP contribution in [0.5, 0.6) is 0 Å². The van der Waals surface area contributed by atoms with E-state index >= 15 is 0 Å². The van der Waals surface area contributed by atoms with Gasteiger partial charge in [0.25, 0.3) is 0 Å². The zero-order valence-electron chi connectivity index (χ0n) is 19.5. The Morgan fingerprint density at radius 1 is 0.778 bits per heavy atom. The zero-order valence-corrected chi connectivity index (χ0v) is 19.5. The summed E-state index contributed by atoms with van der Waals surface area (Å²) < 4.78 is 5.28. The van der Waals surface area contributed by atoms with Crippen molar-refractivity contribution in [2.24, 2.45) is 0 Å². The summed E-state index contributed by atoms with van der Waals surface area (Å²) in [4.78, 5) is 40.9. The van der Waals surface area contributed by atoms with Crippen LogP contribution in [0.4, 0.5) is 4.79 Å². The number of fused-ring (bicyclic) bond motifs is 1. The number of aliphatic carboxylic acids is 1. The van der Waals surface area contributed by atoms with Gasteiger partial charge in [0.15, 0.2) is 0 Å². The lowest BCUT2D eigenvalue weighted by atomic mass is 10.0. The van der Waals surface area contributed by atoms with E-state index in [0.29, 0.717) is 0 Å². The number of ether oxygens (including phenoxy) is 1. The van der Waals surface area contributed by atoms with Gasteiger partial charge in [0.1, 0.15) is 18.7 Å². The first-order valence-corrected chi connectivity index (χ1v) is 11.6. The summed E-state index contributed by atoms with van der Waals surface area (Å²) in [5.41, 5.74) is 3.27. The minimum absolute atomic E-state index is 0.0463. The number of carbonyl (C=O) groups excluding carboxylic acids is 2. The van der Waals surface area contributed by atoms with Crippen molar-refractivity contribution in [1.29, 1.82) is 0 Å². The topological polar surface area (TPSA) is 121 Å². The van der Waals surface area contributed by atoms with Gasteiger partial charge in [-0.25, -0.2) is 9.59 Å². The smallest absolute Gasteiger partial charge is 0.408 e. The van der Waals surface area contributed by atoms with Gasteiger partial charge in [-0.2, -0.15) is 0 Å². The summed E-state index contributed by atoms with van der Waals surface area (Å²) in [5, 5.41) is 15.9. The molecule has 0 spiro atoms. The van der Waals surface area contributed by atoms with Crippen LogP contribution in [0.15, 0.2) is 91.1 Å². The normalized spacial score (nSPS) is 12.4. The highest BCUT2D eigenvalue weighted by Crippen LogP contribution is 2.19. The van der Waals surface area contributed by atoms with Gasteiger partial charge >= 0.3 is 12.1 Å². The highest BCUT2D eigenvalue weighted by atomic mass is 16.5. The second-order valence-corrected chi connectivity index (χ2v) is 8.41. The van der Waals surface area contributed by atoms with E-state index in [-0.39, 0.29) is 19.4 Å². The lowest BCUT2D eigenvalue weighted by molar-refractivity contribution is -0.142. The van der Waals surface area contributed by atoms with Crippen LogP contribution < -0.4 is 10.6 Å². The van der Waals surface area contributed by atoms with Gasteiger partial charge in [-0.05, 0) is 22.8 Å². The Bertz CT molecular complexity index is 1320. The SMILES string of the molecule is O=C(N[C@H](Cc1ccccc1)C(=O)N[C@H](Cc1c[nH]c2ccccc12)C(=O)O)OCc1ccccc1. The number of rotatable bonds is 10. The Labute approximate surface area is 208 Å². The molecule has 4 aromatic rings. The second kappa shape index (κ2) is 11.7. The van der Waals surface area contributed by atoms with Crippen molar-refractivity contribution in [2.75, 3.05) is 0 Å². The summed E-state index contributed by atoms with van der Waals surface area (Å²) >= 11 is 0. The van der Waals surface area contributed by atoms with Crippen molar-refractivity contribution >= 4 is 28.9 Å². The fraction of sp³-hybridized carbons (Fsp3) is 0.179. The molecule has 8 nitrogen and oxygen atoms in total. The molecular formula is C28H27N3O5. The van der Waals surface area contributed by atoms with Gasteiger partial charge in [-0.15, -0.1) is 0 Å². The Morgan fingerprint density at radius 2 is 1.42 bits per heavy atom. The first-order chi connectivity index (χ1) is 17.5. The number of hydrogen-bond donors (Lipinski definition) is 4. The molecule has 0 aliphatic heterocycles. The van der Waals surface area contributed by atoms with Crippen molar-refractivity contribution in [2.45, 2.75) is 31.5 Å². The maximum atomic E-state index is 13.2. The van der Waals surface area contributed by atoms with Crippen LogP contribution in [0.3, 0.4) is 0 Å². The second-order valence-electron chi connectivity index (χ2n) is 8.41. The summed E-state index contributed by atoms with van der Waals surface area (Å²) in [6.45, 7) is 0.0463. The summed E-state index contributed by atoms with van der Waals surface area (Å²) in [6.07, 6.45) is 1.24. The largest absolute Gasteiger partial charge is 0.480 e. The number of para-hydroxylation sites is 1. The summed E-state index contributed by atoms with van der Waals surface area (Å²) in [5.74, 6) is -1.78. The number of benzene rings is 3. The van der Waals surface area contributed by atoms with Crippen LogP contribution in [0, 0.1) is 0 Å². The molecule has 0 saturated carbocycles. The van der Waals surface area contributed by atoms with Gasteiger partial charge in [0, 0.05) is 29.9 Å². The molecule has 0 fully saturated rings. The number of carboxylic acid groups (broad SMARTS) is 1. The lowest BCUT2D eigenvalue weighted by Crippen LogP contribution is -2.53. The molecule has 0 aliphatic rings. The number of H-pyrrole nitrogens is 1. The van der Waals surface area contributed by atoms with E-state index in [0.717, 1.165) is 27.6 Å². The minimum Gasteiger partial charge on any atom is -0.480 e. The Morgan fingerprint density at radius 3 is 2.11 bits per heavy atom. The number of carbonyl (C=O) groups is 3. The van der Waals surface area contributed by atoms with E-state index in [1.54, 1.807) is 6.20 Å². The van der Waals surface area contributed by atoms with Crippen molar-refractivity contribution < 1.29 is 24.2 Å². The Kier molecular flexibility index (Phi) is 7.97. The quantitative estimate of drug-likeness (QED) is 0.272. The van der Waals surface area contributed by atoms with Crippen molar-refractivity contribution in [1.82, 2.24) is 15.6 Å². The molecule has 3 aromatic carbocycles. The number of aromatic nitrogens is 1. The third kappa shape index (κ3) is 6.50. The van der Waals surface area contributed by atoms with Gasteiger partial charge in [-0.3, -0.25) is 4.79 Å². The van der Waals surface area contributed by atoms with Crippen LogP contribution in [-0.4, -0.2) is 40.1 Å². The zero-order chi connectivity index (χ0) is 25.3. The molecule has 0 radical (unpaired) electrons. The monoisotopic (exact) mass is 485 g/mol. The molecule has 36 heavy (non-hydrogen) atoms. The molecule has 4 N–H and O–H groups in total. The third-order valence-corrected chi connectivity index (χ3v) is 5.82. The average Bonchev–Trinajstić information content (AvgIpc) is 3.30. The molecule has 0 saturated heterocycles. The van der Waals surface area contributed by atoms with Crippen LogP contribution in [0.1, 0.15) is 16.7 Å². The number of aromatic amines is 1. The number of hydrogen-bond acceptors (Lipinski definition) is 4. The van der Waals surface area contributed by atoms with Gasteiger partial charge in [-0.1, -0.05) is 78.9 Å². The molecule has 2 amide bonds. The van der Waals surface area contributed by atoms with Crippen LogP contribution in [0.2, 0.25) is 0 Å². The van der Waals surface area contributed by atoms with E-state index in [2.05, 4.69) is 15.6 Å². The van der Waals surface area contributed by atoms with Gasteiger partial charge < -0.3 is 25.5 Å². The fourth-order valence-corrected chi connectivity index (χ4v) is 3.96. The molecule has 184 valence electrons. The Hall–Kier alpha value is -4.59. The van der Waals surface area contributed by atoms with Crippen LogP contribution >= 0.6 is 0 Å². The molecule has 4 rings (SSSR count). The minimum atomic E-state index is -1.18. The predicted molar refractivity (Wildman–Crippen MR) is 135 cm³/mol. The maximum Gasteiger partial charge on any atom is 0.408 e. The van der Waals surface area contributed by atoms with E-state index in [9.17, 15) is 19.5 Å². The van der Waals surface area contributed by atoms with Crippen molar-refractivity contribution in [3.8, 4) is 0 Å². The molecule has 0 unspecified atom stereocenters. The van der Waals surface area contributed by atoms with E-state index < -0.39 is 30.1 Å². The van der Waals surface area contributed by atoms with Gasteiger partial charge in [0.05, 0.1) is 0 Å². The van der Waals surface area contributed by atoms with E-state index in [1.165, 1.54) is 0 Å². The molecular weight excluding hydrogens is 458 g/mol. The first kappa shape index (κ1) is 24.5. The standard InChI is InChI=1S/C28H27N3O5/c32-26(30-25(27(33)34)16-21-17-29-23-14-8-7-13-22(21)23)24(15-19-9-3-1-4-10-19)31-28(35)36-18-20-11-5-2-6-12-20/h1-14,17,24-25,29H,15-16,18H2,(H,30,32)(H,31,35)(H,33,34)/t24-,25-/m1/s1. The van der Waals surface area contributed by atoms with Crippen LogP contribution in [0.25, 0.3) is 10.9 Å². The summed E-state index contributed by atoms with van der Waals surface area (Å²) in [7, 11) is 0. The third-order valence-electron chi connectivity index (χ3n) is 5.82. The number of nitrogens with one attached hydrogen (secondary N) is 3. The summed E-state index contributed by atoms with van der Waals surface area (Å²) in [6, 6.07) is 23.7. The maximum absolute atomic E-state index is 13.2. The molecule has 1 aromatic heterocycles. The van der Waals surface area contributed by atoms with Crippen LogP contribution in [-0.2, 0) is 33.8 Å². The molecule has 0 aliphatic carbocycles. The van der Waals surface area contributed by atoms with Gasteiger partial charge in [0.2, 0.25) is 5.91 Å². The molecule has 8 heteroatoms. The van der Waals surface area contributed by atoms with Crippen molar-refractivity contribution in [3.63, 3.8) is 0 Å². The highest BCUT2D eigenvalue weighted by Gasteiger charge is 2.28. The van der Waals surface area contributed by atoms with E-state index in [1.807, 2.05) is 84.9 Å². The molecule has 1 heterocycles. The fourth-order valence-electron chi connectivity index (χ4n) is 3.96. The number of amides is 2. The molecule has 2 atom stereocenters. The number of carboxylic acids is 1. The lowest BCUT2D eigenvalue weighted by Gasteiger charge is -2.21. The highest BCUT2D eigenvalue weighted by molar-refractivity contribution is 5.90. The van der Waals surface area contributed by atoms with Crippen molar-refractivity contribution in [3.05, 3.63) is 108 Å².